The Hall–Kier alpha value is -2.71. The molecule has 1 heterocycles. The van der Waals surface area contributed by atoms with Crippen LogP contribution in [0.2, 0.25) is 5.02 Å². The molecule has 0 bridgehead atoms. The lowest BCUT2D eigenvalue weighted by atomic mass is 10.1. The number of ether oxygens (including phenoxy) is 1. The Balaban J connectivity index is 1.68. The van der Waals surface area contributed by atoms with E-state index in [1.807, 2.05) is 36.4 Å². The molecule has 0 radical (unpaired) electrons. The number of nitrogens with two attached hydrogens (primary N) is 2. The fourth-order valence-corrected chi connectivity index (χ4v) is 4.39. The lowest BCUT2D eigenvalue weighted by molar-refractivity contribution is 0.415. The van der Waals surface area contributed by atoms with Crippen LogP contribution in [0.3, 0.4) is 0 Å². The van der Waals surface area contributed by atoms with E-state index in [2.05, 4.69) is 20.2 Å². The predicted octanol–water partition coefficient (Wildman–Crippen LogP) is 2.92. The third kappa shape index (κ3) is 3.58. The quantitative estimate of drug-likeness (QED) is 0.354. The van der Waals surface area contributed by atoms with Crippen LogP contribution in [0.15, 0.2) is 51.8 Å². The average molecular weight is 401 g/mol. The fraction of sp³-hybridized carbons (Fsp3) is 0.167. The van der Waals surface area contributed by atoms with Crippen molar-refractivity contribution in [3.05, 3.63) is 52.5 Å². The number of aromatic amines is 1. The number of halogens is 1. The molecule has 9 heteroatoms. The summed E-state index contributed by atoms with van der Waals surface area (Å²) >= 11 is 7.72. The van der Waals surface area contributed by atoms with Crippen molar-refractivity contribution in [2.24, 2.45) is 21.7 Å². The van der Waals surface area contributed by atoms with E-state index >= 15 is 0 Å². The number of fused-ring (bicyclic) bond motifs is 2. The minimum atomic E-state index is -0.0792. The Bertz CT molecular complexity index is 1070. The first-order valence-electron chi connectivity index (χ1n) is 8.19. The van der Waals surface area contributed by atoms with Gasteiger partial charge in [0.05, 0.1) is 29.1 Å². The molecule has 2 aromatic carbocycles. The van der Waals surface area contributed by atoms with Crippen molar-refractivity contribution in [2.75, 3.05) is 7.11 Å². The molecule has 27 heavy (non-hydrogen) atoms. The van der Waals surface area contributed by atoms with Crippen LogP contribution in [0, 0.1) is 0 Å². The Kier molecular flexibility index (Phi) is 4.67. The summed E-state index contributed by atoms with van der Waals surface area (Å²) in [6.45, 7) is 0. The zero-order valence-corrected chi connectivity index (χ0v) is 16.0. The van der Waals surface area contributed by atoms with Gasteiger partial charge < -0.3 is 21.2 Å². The number of hydrogen-bond donors (Lipinski definition) is 3. The maximum atomic E-state index is 6.14. The highest BCUT2D eigenvalue weighted by Gasteiger charge is 2.31. The minimum absolute atomic E-state index is 0.0176. The summed E-state index contributed by atoms with van der Waals surface area (Å²) in [4.78, 5) is 7.97. The number of rotatable bonds is 4. The van der Waals surface area contributed by atoms with E-state index in [-0.39, 0.29) is 11.2 Å². The van der Waals surface area contributed by atoms with Gasteiger partial charge in [0.1, 0.15) is 5.75 Å². The molecule has 1 aromatic heterocycles. The largest absolute Gasteiger partial charge is 0.497 e. The van der Waals surface area contributed by atoms with Crippen LogP contribution in [-0.4, -0.2) is 34.0 Å². The van der Waals surface area contributed by atoms with Crippen LogP contribution >= 0.6 is 23.4 Å². The van der Waals surface area contributed by atoms with Gasteiger partial charge in [0, 0.05) is 16.7 Å². The van der Waals surface area contributed by atoms with E-state index in [0.29, 0.717) is 5.02 Å². The summed E-state index contributed by atoms with van der Waals surface area (Å²) in [5, 5.41) is 9.63. The predicted molar refractivity (Wildman–Crippen MR) is 110 cm³/mol. The summed E-state index contributed by atoms with van der Waals surface area (Å²) in [6.07, 6.45) is 0.764. The summed E-state index contributed by atoms with van der Waals surface area (Å²) in [7, 11) is 1.64. The third-order valence-electron chi connectivity index (χ3n) is 4.25. The first-order valence-corrected chi connectivity index (χ1v) is 9.45. The Morgan fingerprint density at radius 1 is 1.30 bits per heavy atom. The minimum Gasteiger partial charge on any atom is -0.497 e. The van der Waals surface area contributed by atoms with Crippen LogP contribution in [-0.2, 0) is 6.42 Å². The van der Waals surface area contributed by atoms with Crippen molar-refractivity contribution in [1.29, 1.82) is 0 Å². The SMILES string of the molecule is COc1ccc2nc(SC3Cc4cc(Cl)ccc4C3=NN=C(N)N)[nH]c2c1. The molecule has 7 nitrogen and oxygen atoms in total. The van der Waals surface area contributed by atoms with Gasteiger partial charge in [0.15, 0.2) is 5.16 Å². The highest BCUT2D eigenvalue weighted by molar-refractivity contribution is 8.00. The van der Waals surface area contributed by atoms with Crippen LogP contribution in [0.4, 0.5) is 0 Å². The molecule has 0 fully saturated rings. The van der Waals surface area contributed by atoms with Crippen LogP contribution in [0.5, 0.6) is 5.75 Å². The van der Waals surface area contributed by atoms with Gasteiger partial charge in [-0.15, -0.1) is 5.10 Å². The molecule has 5 N–H and O–H groups in total. The van der Waals surface area contributed by atoms with Crippen LogP contribution in [0.1, 0.15) is 11.1 Å². The van der Waals surface area contributed by atoms with Crippen LogP contribution < -0.4 is 16.2 Å². The monoisotopic (exact) mass is 400 g/mol. The van der Waals surface area contributed by atoms with E-state index in [1.54, 1.807) is 18.9 Å². The van der Waals surface area contributed by atoms with Crippen molar-refractivity contribution >= 4 is 46.1 Å². The number of imidazole rings is 1. The summed E-state index contributed by atoms with van der Waals surface area (Å²) < 4.78 is 5.27. The van der Waals surface area contributed by atoms with Crippen molar-refractivity contribution in [1.82, 2.24) is 9.97 Å². The van der Waals surface area contributed by atoms with Gasteiger partial charge >= 0.3 is 0 Å². The summed E-state index contributed by atoms with van der Waals surface area (Å²) in [6, 6.07) is 11.5. The zero-order chi connectivity index (χ0) is 19.0. The maximum Gasteiger partial charge on any atom is 0.211 e. The van der Waals surface area contributed by atoms with Crippen molar-refractivity contribution in [3.8, 4) is 5.75 Å². The maximum absolute atomic E-state index is 6.14. The summed E-state index contributed by atoms with van der Waals surface area (Å²) in [5.41, 5.74) is 15.6. The molecule has 4 rings (SSSR count). The highest BCUT2D eigenvalue weighted by atomic mass is 35.5. The molecule has 0 saturated carbocycles. The average Bonchev–Trinajstić information content (AvgIpc) is 3.18. The molecular weight excluding hydrogens is 384 g/mol. The molecular formula is C18H17ClN6OS. The van der Waals surface area contributed by atoms with Crippen molar-refractivity contribution in [2.45, 2.75) is 16.8 Å². The number of nitrogens with zero attached hydrogens (tertiary/aromatic N) is 3. The smallest absolute Gasteiger partial charge is 0.211 e. The first-order chi connectivity index (χ1) is 13.0. The van der Waals surface area contributed by atoms with E-state index < -0.39 is 0 Å². The van der Waals surface area contributed by atoms with Gasteiger partial charge in [-0.05, 0) is 36.2 Å². The van der Waals surface area contributed by atoms with E-state index in [1.165, 1.54) is 0 Å². The highest BCUT2D eigenvalue weighted by Crippen LogP contribution is 2.36. The number of H-pyrrole nitrogens is 1. The molecule has 0 amide bonds. The van der Waals surface area contributed by atoms with Crippen molar-refractivity contribution < 1.29 is 4.74 Å². The topological polar surface area (TPSA) is 115 Å². The number of hydrogen-bond acceptors (Lipinski definition) is 5. The standard InChI is InChI=1S/C18H17ClN6OS/c1-26-11-3-5-13-14(8-11)23-18(22-13)27-15-7-9-6-10(19)2-4-12(9)16(15)24-25-17(20)21/h2-6,8,15H,7H2,1H3,(H,22,23)(H4,20,21,25). The molecule has 1 aliphatic carbocycles. The number of nitrogens with one attached hydrogen (secondary N) is 1. The fourth-order valence-electron chi connectivity index (χ4n) is 3.06. The van der Waals surface area contributed by atoms with E-state index in [4.69, 9.17) is 27.8 Å². The van der Waals surface area contributed by atoms with Gasteiger partial charge in [0.25, 0.3) is 0 Å². The Morgan fingerprint density at radius 2 is 2.15 bits per heavy atom. The number of aromatic nitrogens is 2. The Labute approximate surface area is 164 Å². The number of methoxy groups -OCH3 is 1. The molecule has 138 valence electrons. The lowest BCUT2D eigenvalue weighted by Gasteiger charge is -2.07. The molecule has 1 aliphatic rings. The molecule has 0 saturated heterocycles. The van der Waals surface area contributed by atoms with Gasteiger partial charge in [-0.3, -0.25) is 0 Å². The lowest BCUT2D eigenvalue weighted by Crippen LogP contribution is -2.22. The first kappa shape index (κ1) is 17.7. The molecule has 1 unspecified atom stereocenters. The summed E-state index contributed by atoms with van der Waals surface area (Å²) in [5.74, 6) is 0.699. The van der Waals surface area contributed by atoms with E-state index in [9.17, 15) is 0 Å². The van der Waals surface area contributed by atoms with Gasteiger partial charge in [-0.2, -0.15) is 5.10 Å². The van der Waals surface area contributed by atoms with Crippen molar-refractivity contribution in [3.63, 3.8) is 0 Å². The molecule has 0 aliphatic heterocycles. The van der Waals surface area contributed by atoms with Crippen LogP contribution in [0.25, 0.3) is 11.0 Å². The second-order valence-corrected chi connectivity index (χ2v) is 7.68. The molecule has 1 atom stereocenters. The number of thioether (sulfide) groups is 1. The number of guanidine groups is 1. The second kappa shape index (κ2) is 7.13. The normalized spacial score (nSPS) is 17.3. The van der Waals surface area contributed by atoms with E-state index in [0.717, 1.165) is 45.2 Å². The van der Waals surface area contributed by atoms with Gasteiger partial charge in [-0.25, -0.2) is 4.98 Å². The molecule has 0 spiro atoms. The van der Waals surface area contributed by atoms with Gasteiger partial charge in [0.2, 0.25) is 5.96 Å². The molecule has 3 aromatic rings. The van der Waals surface area contributed by atoms with Gasteiger partial charge in [-0.1, -0.05) is 29.4 Å². The second-order valence-electron chi connectivity index (χ2n) is 6.05. The number of benzene rings is 2. The Morgan fingerprint density at radius 3 is 2.93 bits per heavy atom. The third-order valence-corrected chi connectivity index (χ3v) is 5.57. The zero-order valence-electron chi connectivity index (χ0n) is 14.4.